The van der Waals surface area contributed by atoms with Crippen LogP contribution in [-0.2, 0) is 17.9 Å². The topological polar surface area (TPSA) is 134 Å². The summed E-state index contributed by atoms with van der Waals surface area (Å²) < 4.78 is 1.30. The van der Waals surface area contributed by atoms with Gasteiger partial charge in [-0.1, -0.05) is 48.5 Å². The van der Waals surface area contributed by atoms with Gasteiger partial charge in [0.25, 0.3) is 11.8 Å². The van der Waals surface area contributed by atoms with Gasteiger partial charge in [-0.2, -0.15) is 0 Å². The molecule has 11 heteroatoms. The Balaban J connectivity index is 1.54. The SMILES string of the molecule is Cc1cnc(NC(=O)c2cn3c(c(O)c2=O)C(=O)N(Cc2ccccc2)C(C(=O)Nc2c(C)cccc2C)C3)s1. The summed E-state index contributed by atoms with van der Waals surface area (Å²) in [4.78, 5) is 59.8. The van der Waals surface area contributed by atoms with E-state index in [1.807, 2.05) is 69.3 Å². The zero-order valence-electron chi connectivity index (χ0n) is 22.1. The quantitative estimate of drug-likeness (QED) is 0.330. The molecule has 2 aromatic carbocycles. The fourth-order valence-corrected chi connectivity index (χ4v) is 5.38. The number of thiazole rings is 1. The summed E-state index contributed by atoms with van der Waals surface area (Å²) >= 11 is 1.23. The Morgan fingerprint density at radius 1 is 1.02 bits per heavy atom. The number of fused-ring (bicyclic) bond motifs is 1. The Bertz CT molecular complexity index is 1670. The van der Waals surface area contributed by atoms with E-state index in [-0.39, 0.29) is 24.3 Å². The van der Waals surface area contributed by atoms with Crippen molar-refractivity contribution < 1.29 is 19.5 Å². The number of carbonyl (C=O) groups is 3. The molecule has 40 heavy (non-hydrogen) atoms. The smallest absolute Gasteiger partial charge is 0.275 e. The van der Waals surface area contributed by atoms with Gasteiger partial charge in [-0.3, -0.25) is 24.5 Å². The van der Waals surface area contributed by atoms with Crippen molar-refractivity contribution in [1.29, 1.82) is 0 Å². The summed E-state index contributed by atoms with van der Waals surface area (Å²) in [5.41, 5.74) is 1.51. The number of nitrogens with one attached hydrogen (secondary N) is 2. The minimum absolute atomic E-state index is 0.0732. The molecule has 0 bridgehead atoms. The number of rotatable bonds is 6. The number of benzene rings is 2. The maximum Gasteiger partial charge on any atom is 0.275 e. The number of anilines is 2. The molecule has 0 radical (unpaired) electrons. The molecule has 1 aliphatic rings. The highest BCUT2D eigenvalue weighted by Gasteiger charge is 2.40. The van der Waals surface area contributed by atoms with E-state index in [0.717, 1.165) is 21.6 Å². The number of hydrogen-bond acceptors (Lipinski definition) is 7. The third kappa shape index (κ3) is 5.10. The lowest BCUT2D eigenvalue weighted by atomic mass is 10.0. The lowest BCUT2D eigenvalue weighted by molar-refractivity contribution is -0.121. The number of nitrogens with zero attached hydrogens (tertiary/aromatic N) is 3. The van der Waals surface area contributed by atoms with Gasteiger partial charge in [0.15, 0.2) is 16.6 Å². The van der Waals surface area contributed by atoms with Crippen LogP contribution in [0.25, 0.3) is 0 Å². The Kier molecular flexibility index (Phi) is 7.22. The van der Waals surface area contributed by atoms with Crippen LogP contribution in [0, 0.1) is 20.8 Å². The lowest BCUT2D eigenvalue weighted by Crippen LogP contribution is -2.54. The lowest BCUT2D eigenvalue weighted by Gasteiger charge is -2.37. The predicted molar refractivity (Wildman–Crippen MR) is 152 cm³/mol. The number of para-hydroxylation sites is 1. The Hall–Kier alpha value is -4.77. The minimum Gasteiger partial charge on any atom is -0.503 e. The summed E-state index contributed by atoms with van der Waals surface area (Å²) in [6, 6.07) is 13.8. The number of aromatic nitrogens is 2. The van der Waals surface area contributed by atoms with Gasteiger partial charge in [0.2, 0.25) is 11.3 Å². The van der Waals surface area contributed by atoms with Crippen LogP contribution in [-0.4, -0.2) is 43.3 Å². The molecule has 3 N–H and O–H groups in total. The first-order valence-corrected chi connectivity index (χ1v) is 13.4. The third-order valence-corrected chi connectivity index (χ3v) is 7.61. The van der Waals surface area contributed by atoms with Crippen molar-refractivity contribution in [2.24, 2.45) is 0 Å². The molecule has 0 saturated heterocycles. The van der Waals surface area contributed by atoms with Crippen molar-refractivity contribution in [3.05, 3.63) is 104 Å². The van der Waals surface area contributed by atoms with Crippen molar-refractivity contribution in [2.45, 2.75) is 39.9 Å². The first-order valence-electron chi connectivity index (χ1n) is 12.6. The van der Waals surface area contributed by atoms with Crippen LogP contribution in [0.5, 0.6) is 5.75 Å². The number of carbonyl (C=O) groups excluding carboxylic acids is 3. The van der Waals surface area contributed by atoms with Crippen LogP contribution < -0.4 is 16.1 Å². The van der Waals surface area contributed by atoms with E-state index in [1.165, 1.54) is 27.0 Å². The highest BCUT2D eigenvalue weighted by Crippen LogP contribution is 2.28. The average molecular weight is 558 g/mol. The van der Waals surface area contributed by atoms with Crippen molar-refractivity contribution in [1.82, 2.24) is 14.5 Å². The number of pyridine rings is 1. The second-order valence-electron chi connectivity index (χ2n) is 9.64. The molecule has 2 aromatic heterocycles. The van der Waals surface area contributed by atoms with Gasteiger partial charge >= 0.3 is 0 Å². The van der Waals surface area contributed by atoms with Crippen LogP contribution >= 0.6 is 11.3 Å². The largest absolute Gasteiger partial charge is 0.503 e. The summed E-state index contributed by atoms with van der Waals surface area (Å²) in [5, 5.41) is 16.7. The van der Waals surface area contributed by atoms with Gasteiger partial charge in [-0.25, -0.2) is 4.98 Å². The van der Waals surface area contributed by atoms with E-state index in [2.05, 4.69) is 15.6 Å². The second kappa shape index (κ2) is 10.8. The average Bonchev–Trinajstić information content (AvgIpc) is 3.34. The van der Waals surface area contributed by atoms with Crippen LogP contribution in [0.3, 0.4) is 0 Å². The standard InChI is InChI=1S/C29H27N5O5S/c1-16-8-7-9-17(2)22(16)31-27(38)21-15-33-14-20(26(37)32-29-30-12-18(3)40-29)24(35)25(36)23(33)28(39)34(21)13-19-10-5-4-6-11-19/h4-12,14,21,36H,13,15H2,1-3H3,(H,31,38)(H,30,32,37). The Morgan fingerprint density at radius 3 is 2.38 bits per heavy atom. The summed E-state index contributed by atoms with van der Waals surface area (Å²) in [6.45, 7) is 5.56. The fourth-order valence-electron chi connectivity index (χ4n) is 4.72. The predicted octanol–water partition coefficient (Wildman–Crippen LogP) is 3.85. The molecule has 5 rings (SSSR count). The summed E-state index contributed by atoms with van der Waals surface area (Å²) in [5.74, 6) is -2.76. The van der Waals surface area contributed by atoms with E-state index < -0.39 is 34.9 Å². The van der Waals surface area contributed by atoms with E-state index in [4.69, 9.17) is 0 Å². The molecule has 0 fully saturated rings. The van der Waals surface area contributed by atoms with Gasteiger partial charge in [-0.05, 0) is 37.5 Å². The molecular weight excluding hydrogens is 530 g/mol. The molecule has 4 aromatic rings. The summed E-state index contributed by atoms with van der Waals surface area (Å²) in [7, 11) is 0. The van der Waals surface area contributed by atoms with E-state index >= 15 is 0 Å². The Labute approximate surface area is 233 Å². The van der Waals surface area contributed by atoms with Gasteiger partial charge in [0, 0.05) is 29.5 Å². The second-order valence-corrected chi connectivity index (χ2v) is 10.9. The molecule has 0 spiro atoms. The number of amides is 3. The normalized spacial score (nSPS) is 14.5. The molecule has 10 nitrogen and oxygen atoms in total. The Morgan fingerprint density at radius 2 is 1.73 bits per heavy atom. The molecule has 3 heterocycles. The zero-order chi connectivity index (χ0) is 28.6. The molecule has 1 aliphatic heterocycles. The first-order chi connectivity index (χ1) is 19.1. The monoisotopic (exact) mass is 557 g/mol. The summed E-state index contributed by atoms with van der Waals surface area (Å²) in [6.07, 6.45) is 2.79. The van der Waals surface area contributed by atoms with Gasteiger partial charge in [0.05, 0.1) is 6.54 Å². The fraction of sp³-hybridized carbons (Fsp3) is 0.207. The molecule has 0 saturated carbocycles. The van der Waals surface area contributed by atoms with Crippen LogP contribution in [0.4, 0.5) is 10.8 Å². The highest BCUT2D eigenvalue weighted by atomic mass is 32.1. The third-order valence-electron chi connectivity index (χ3n) is 6.78. The highest BCUT2D eigenvalue weighted by molar-refractivity contribution is 7.15. The van der Waals surface area contributed by atoms with E-state index in [9.17, 15) is 24.3 Å². The maximum atomic E-state index is 13.8. The van der Waals surface area contributed by atoms with Crippen LogP contribution in [0.15, 0.2) is 65.7 Å². The molecule has 3 amide bonds. The van der Waals surface area contributed by atoms with Crippen molar-refractivity contribution in [3.8, 4) is 5.75 Å². The van der Waals surface area contributed by atoms with Crippen molar-refractivity contribution in [2.75, 3.05) is 10.6 Å². The zero-order valence-corrected chi connectivity index (χ0v) is 22.9. The minimum atomic E-state index is -1.00. The van der Waals surface area contributed by atoms with E-state index in [0.29, 0.717) is 10.8 Å². The van der Waals surface area contributed by atoms with Gasteiger partial charge < -0.3 is 19.9 Å². The number of hydrogen-bond donors (Lipinski definition) is 3. The molecule has 1 unspecified atom stereocenters. The van der Waals surface area contributed by atoms with Gasteiger partial charge in [0.1, 0.15) is 11.6 Å². The van der Waals surface area contributed by atoms with Crippen molar-refractivity contribution in [3.63, 3.8) is 0 Å². The van der Waals surface area contributed by atoms with Crippen LogP contribution in [0.2, 0.25) is 0 Å². The van der Waals surface area contributed by atoms with Gasteiger partial charge in [-0.15, -0.1) is 11.3 Å². The molecule has 0 aliphatic carbocycles. The first kappa shape index (κ1) is 26.8. The number of aromatic hydroxyl groups is 1. The molecular formula is C29H27N5O5S. The number of aryl methyl sites for hydroxylation is 3. The van der Waals surface area contributed by atoms with Crippen molar-refractivity contribution >= 4 is 39.9 Å². The molecule has 1 atom stereocenters. The van der Waals surface area contributed by atoms with E-state index in [1.54, 1.807) is 6.20 Å². The van der Waals surface area contributed by atoms with Crippen LogP contribution in [0.1, 0.15) is 42.4 Å². The molecule has 204 valence electrons. The maximum absolute atomic E-state index is 13.8.